The van der Waals surface area contributed by atoms with Gasteiger partial charge in [0, 0.05) is 18.8 Å². The van der Waals surface area contributed by atoms with Gasteiger partial charge in [-0.2, -0.15) is 0 Å². The van der Waals surface area contributed by atoms with Gasteiger partial charge in [0.2, 0.25) is 0 Å². The number of morpholine rings is 1. The maximum absolute atomic E-state index is 12.6. The molecular formula is C16H17N3O2S2. The molecule has 1 saturated heterocycles. The molecule has 5 nitrogen and oxygen atoms in total. The molecule has 0 unspecified atom stereocenters. The van der Waals surface area contributed by atoms with Crippen LogP contribution < -0.4 is 15.5 Å². The lowest BCUT2D eigenvalue weighted by molar-refractivity contribution is 0.101. The third-order valence-corrected chi connectivity index (χ3v) is 4.68. The minimum Gasteiger partial charge on any atom is -0.378 e. The largest absolute Gasteiger partial charge is 0.378 e. The molecule has 2 aromatic rings. The van der Waals surface area contributed by atoms with Crippen LogP contribution in [-0.2, 0) is 4.74 Å². The van der Waals surface area contributed by atoms with Crippen LogP contribution >= 0.6 is 23.6 Å². The fourth-order valence-corrected chi connectivity index (χ4v) is 3.33. The van der Waals surface area contributed by atoms with E-state index in [1.807, 2.05) is 35.7 Å². The maximum Gasteiger partial charge on any atom is 0.274 e. The number of amides is 1. The first-order chi connectivity index (χ1) is 11.2. The Morgan fingerprint density at radius 2 is 1.91 bits per heavy atom. The van der Waals surface area contributed by atoms with Crippen molar-refractivity contribution in [1.82, 2.24) is 0 Å². The van der Waals surface area contributed by atoms with Crippen molar-refractivity contribution in [3.05, 3.63) is 46.7 Å². The third-order valence-electron chi connectivity index (χ3n) is 3.64. The van der Waals surface area contributed by atoms with E-state index < -0.39 is 0 Å². The standard InChI is InChI=1S/C16H17N3O2S2/c17-16(22)19(15(20)14-2-1-11-23-14)13-5-3-12(4-6-13)18-7-9-21-10-8-18/h1-6,11H,7-10H2,(H2,17,22). The zero-order valence-electron chi connectivity index (χ0n) is 12.5. The Bertz CT molecular complexity index is 680. The zero-order chi connectivity index (χ0) is 16.2. The van der Waals surface area contributed by atoms with Gasteiger partial charge < -0.3 is 15.4 Å². The number of hydrogen-bond acceptors (Lipinski definition) is 5. The van der Waals surface area contributed by atoms with E-state index >= 15 is 0 Å². The quantitative estimate of drug-likeness (QED) is 0.865. The molecule has 3 rings (SSSR count). The van der Waals surface area contributed by atoms with E-state index in [-0.39, 0.29) is 11.0 Å². The van der Waals surface area contributed by atoms with Crippen molar-refractivity contribution >= 4 is 45.9 Å². The van der Waals surface area contributed by atoms with E-state index in [1.165, 1.54) is 16.2 Å². The van der Waals surface area contributed by atoms with Gasteiger partial charge in [0.05, 0.1) is 23.8 Å². The second kappa shape index (κ2) is 7.08. The molecule has 23 heavy (non-hydrogen) atoms. The van der Waals surface area contributed by atoms with Crippen LogP contribution in [0.4, 0.5) is 11.4 Å². The Morgan fingerprint density at radius 3 is 2.48 bits per heavy atom. The van der Waals surface area contributed by atoms with Crippen molar-refractivity contribution in [3.8, 4) is 0 Å². The molecule has 0 aliphatic carbocycles. The molecule has 0 bridgehead atoms. The summed E-state index contributed by atoms with van der Waals surface area (Å²) in [4.78, 5) is 16.8. The van der Waals surface area contributed by atoms with Crippen LogP contribution in [0.5, 0.6) is 0 Å². The van der Waals surface area contributed by atoms with Gasteiger partial charge >= 0.3 is 0 Å². The molecule has 2 heterocycles. The minimum atomic E-state index is -0.202. The average molecular weight is 347 g/mol. The summed E-state index contributed by atoms with van der Waals surface area (Å²) in [6.07, 6.45) is 0. The van der Waals surface area contributed by atoms with Crippen molar-refractivity contribution in [2.75, 3.05) is 36.1 Å². The summed E-state index contributed by atoms with van der Waals surface area (Å²) >= 11 is 6.44. The first-order valence-electron chi connectivity index (χ1n) is 7.27. The van der Waals surface area contributed by atoms with Crippen LogP contribution in [0.15, 0.2) is 41.8 Å². The lowest BCUT2D eigenvalue weighted by Crippen LogP contribution is -2.40. The fraction of sp³-hybridized carbons (Fsp3) is 0.250. The van der Waals surface area contributed by atoms with Gasteiger partial charge in [-0.25, -0.2) is 0 Å². The van der Waals surface area contributed by atoms with Crippen molar-refractivity contribution in [2.24, 2.45) is 5.73 Å². The van der Waals surface area contributed by atoms with Crippen LogP contribution in [-0.4, -0.2) is 37.3 Å². The predicted molar refractivity (Wildman–Crippen MR) is 97.4 cm³/mol. The summed E-state index contributed by atoms with van der Waals surface area (Å²) in [6.45, 7) is 3.20. The maximum atomic E-state index is 12.6. The summed E-state index contributed by atoms with van der Waals surface area (Å²) in [5.41, 5.74) is 7.55. The molecule has 1 fully saturated rings. The van der Waals surface area contributed by atoms with Gasteiger partial charge in [-0.3, -0.25) is 9.69 Å². The number of thiocarbonyl (C=S) groups is 1. The van der Waals surface area contributed by atoms with Crippen molar-refractivity contribution in [1.29, 1.82) is 0 Å². The van der Waals surface area contributed by atoms with Gasteiger partial charge in [0.15, 0.2) is 5.11 Å². The summed E-state index contributed by atoms with van der Waals surface area (Å²) in [6, 6.07) is 11.3. The van der Waals surface area contributed by atoms with Crippen molar-refractivity contribution < 1.29 is 9.53 Å². The molecule has 1 aromatic carbocycles. The molecule has 1 aromatic heterocycles. The smallest absolute Gasteiger partial charge is 0.274 e. The fourth-order valence-electron chi connectivity index (χ4n) is 2.49. The zero-order valence-corrected chi connectivity index (χ0v) is 14.1. The monoisotopic (exact) mass is 347 g/mol. The highest BCUT2D eigenvalue weighted by molar-refractivity contribution is 7.80. The number of benzene rings is 1. The van der Waals surface area contributed by atoms with Gasteiger partial charge in [-0.15, -0.1) is 11.3 Å². The number of anilines is 2. The topological polar surface area (TPSA) is 58.8 Å². The lowest BCUT2D eigenvalue weighted by atomic mass is 10.2. The molecule has 0 spiro atoms. The number of hydrogen-bond donors (Lipinski definition) is 1. The number of nitrogens with zero attached hydrogens (tertiary/aromatic N) is 2. The molecule has 7 heteroatoms. The number of ether oxygens (including phenoxy) is 1. The first-order valence-corrected chi connectivity index (χ1v) is 8.56. The van der Waals surface area contributed by atoms with Gasteiger partial charge in [0.1, 0.15) is 0 Å². The number of carbonyl (C=O) groups excluding carboxylic acids is 1. The van der Waals surface area contributed by atoms with Crippen molar-refractivity contribution in [2.45, 2.75) is 0 Å². The summed E-state index contributed by atoms with van der Waals surface area (Å²) in [5.74, 6) is -0.202. The Morgan fingerprint density at radius 1 is 1.22 bits per heavy atom. The molecule has 0 radical (unpaired) electrons. The molecule has 1 aliphatic heterocycles. The molecule has 0 atom stereocenters. The highest BCUT2D eigenvalue weighted by Crippen LogP contribution is 2.24. The van der Waals surface area contributed by atoms with E-state index in [2.05, 4.69) is 4.90 Å². The highest BCUT2D eigenvalue weighted by Gasteiger charge is 2.21. The first kappa shape index (κ1) is 15.9. The Kier molecular flexibility index (Phi) is 4.90. The second-order valence-electron chi connectivity index (χ2n) is 5.07. The number of nitrogens with two attached hydrogens (primary N) is 1. The van der Waals surface area contributed by atoms with Crippen LogP contribution in [0.25, 0.3) is 0 Å². The Labute approximate surface area is 144 Å². The molecule has 2 N–H and O–H groups in total. The van der Waals surface area contributed by atoms with Gasteiger partial charge in [-0.1, -0.05) is 6.07 Å². The molecule has 1 aliphatic rings. The number of thiophene rings is 1. The van der Waals surface area contributed by atoms with Gasteiger partial charge in [-0.05, 0) is 47.9 Å². The number of carbonyl (C=O) groups is 1. The normalized spacial score (nSPS) is 14.5. The van der Waals surface area contributed by atoms with Crippen LogP contribution in [0, 0.1) is 0 Å². The highest BCUT2D eigenvalue weighted by atomic mass is 32.1. The molecular weight excluding hydrogens is 330 g/mol. The van der Waals surface area contributed by atoms with E-state index in [1.54, 1.807) is 6.07 Å². The van der Waals surface area contributed by atoms with Crippen LogP contribution in [0.1, 0.15) is 9.67 Å². The third kappa shape index (κ3) is 3.52. The SMILES string of the molecule is NC(=S)N(C(=O)c1cccs1)c1ccc(N2CCOCC2)cc1. The number of rotatable bonds is 3. The van der Waals surface area contributed by atoms with Gasteiger partial charge in [0.25, 0.3) is 5.91 Å². The minimum absolute atomic E-state index is 0.0440. The Hall–Kier alpha value is -1.96. The van der Waals surface area contributed by atoms with E-state index in [0.29, 0.717) is 10.6 Å². The van der Waals surface area contributed by atoms with Crippen LogP contribution in [0.3, 0.4) is 0 Å². The molecule has 1 amide bonds. The predicted octanol–water partition coefficient (Wildman–Crippen LogP) is 2.48. The van der Waals surface area contributed by atoms with Crippen molar-refractivity contribution in [3.63, 3.8) is 0 Å². The summed E-state index contributed by atoms with van der Waals surface area (Å²) < 4.78 is 5.36. The molecule has 120 valence electrons. The average Bonchev–Trinajstić information content (AvgIpc) is 3.11. The van der Waals surface area contributed by atoms with Crippen LogP contribution in [0.2, 0.25) is 0 Å². The summed E-state index contributed by atoms with van der Waals surface area (Å²) in [7, 11) is 0. The molecule has 0 saturated carbocycles. The lowest BCUT2D eigenvalue weighted by Gasteiger charge is -2.29. The summed E-state index contributed by atoms with van der Waals surface area (Å²) in [5, 5.41) is 1.90. The van der Waals surface area contributed by atoms with E-state index in [9.17, 15) is 4.79 Å². The second-order valence-corrected chi connectivity index (χ2v) is 6.44. The Balaban J connectivity index is 1.83. The van der Waals surface area contributed by atoms with E-state index in [0.717, 1.165) is 32.0 Å². The van der Waals surface area contributed by atoms with E-state index in [4.69, 9.17) is 22.7 Å².